The number of carbonyl (C=O) groups is 2. The summed E-state index contributed by atoms with van der Waals surface area (Å²) in [6.07, 6.45) is -4.33. The van der Waals surface area contributed by atoms with E-state index in [4.69, 9.17) is 23.2 Å². The number of aliphatic carboxylic acids is 1. The molecule has 192 valence electrons. The zero-order valence-corrected chi connectivity index (χ0v) is 20.8. The van der Waals surface area contributed by atoms with Gasteiger partial charge in [-0.25, -0.2) is 4.39 Å². The molecular formula is C25H22Cl2F4N2O3. The average Bonchev–Trinajstić information content (AvgIpc) is 3.11. The molecule has 11 heteroatoms. The van der Waals surface area contributed by atoms with E-state index in [9.17, 15) is 32.3 Å². The van der Waals surface area contributed by atoms with Crippen LogP contribution in [0.25, 0.3) is 10.9 Å². The molecule has 1 aromatic heterocycles. The topological polar surface area (TPSA) is 62.5 Å². The van der Waals surface area contributed by atoms with E-state index in [-0.39, 0.29) is 57.8 Å². The van der Waals surface area contributed by atoms with E-state index in [1.165, 1.54) is 29.8 Å². The number of carboxylic acids is 1. The molecule has 2 atom stereocenters. The van der Waals surface area contributed by atoms with Crippen LogP contribution in [0.2, 0.25) is 10.0 Å². The van der Waals surface area contributed by atoms with Crippen molar-refractivity contribution >= 4 is 46.0 Å². The lowest BCUT2D eigenvalue weighted by Crippen LogP contribution is -2.45. The molecule has 4 rings (SSSR count). The van der Waals surface area contributed by atoms with Crippen LogP contribution >= 0.6 is 23.2 Å². The van der Waals surface area contributed by atoms with Crippen LogP contribution in [0.15, 0.2) is 30.3 Å². The van der Waals surface area contributed by atoms with E-state index in [2.05, 4.69) is 0 Å². The van der Waals surface area contributed by atoms with E-state index < -0.39 is 29.4 Å². The molecule has 1 saturated heterocycles. The Kier molecular flexibility index (Phi) is 7.00. The number of aryl methyl sites for hydroxylation is 1. The number of carbonyl (C=O) groups excluding carboxylic acids is 1. The van der Waals surface area contributed by atoms with Crippen molar-refractivity contribution in [3.63, 3.8) is 0 Å². The van der Waals surface area contributed by atoms with Gasteiger partial charge in [0.2, 0.25) is 0 Å². The number of likely N-dealkylation sites (tertiary alicyclic amines) is 1. The highest BCUT2D eigenvalue weighted by Gasteiger charge is 2.35. The first-order valence-corrected chi connectivity index (χ1v) is 11.9. The zero-order valence-electron chi connectivity index (χ0n) is 19.3. The fourth-order valence-corrected chi connectivity index (χ4v) is 5.33. The minimum Gasteiger partial charge on any atom is -0.481 e. The van der Waals surface area contributed by atoms with Gasteiger partial charge in [-0.3, -0.25) is 9.59 Å². The summed E-state index contributed by atoms with van der Waals surface area (Å²) in [7, 11) is 1.52. The number of piperidine rings is 1. The van der Waals surface area contributed by atoms with Gasteiger partial charge in [-0.1, -0.05) is 30.1 Å². The highest BCUT2D eigenvalue weighted by atomic mass is 35.5. The third-order valence-corrected chi connectivity index (χ3v) is 7.61. The molecule has 0 aliphatic carbocycles. The van der Waals surface area contributed by atoms with Crippen molar-refractivity contribution in [2.75, 3.05) is 13.1 Å². The molecule has 1 aliphatic heterocycles. The van der Waals surface area contributed by atoms with Crippen LogP contribution in [0.3, 0.4) is 0 Å². The second-order valence-electron chi connectivity index (χ2n) is 9.11. The lowest BCUT2D eigenvalue weighted by Gasteiger charge is -2.35. The number of amides is 1. The molecule has 0 spiro atoms. The summed E-state index contributed by atoms with van der Waals surface area (Å²) in [6, 6.07) is 5.77. The molecule has 0 bridgehead atoms. The van der Waals surface area contributed by atoms with Gasteiger partial charge in [0.05, 0.1) is 27.6 Å². The number of alkyl halides is 3. The molecule has 2 heterocycles. The standard InChI is InChI=1S/C25H22Cl2F4N2O3/c1-12-11-33(6-5-15(12)24(35)36)23(34)16-3-4-19(26)17(22(16)27)9-14-10-18-20(28)7-13(25(29,30)31)8-21(18)32(14)2/h3-4,7-8,10,12,15H,5-6,9,11H2,1-2H3,(H,35,36)/t12-,15+/m1/s1. The largest absolute Gasteiger partial charge is 0.481 e. The average molecular weight is 545 g/mol. The first-order valence-electron chi connectivity index (χ1n) is 11.1. The number of benzene rings is 2. The third-order valence-electron chi connectivity index (χ3n) is 6.82. The number of halogens is 6. The van der Waals surface area contributed by atoms with Crippen molar-refractivity contribution in [2.24, 2.45) is 18.9 Å². The quantitative estimate of drug-likeness (QED) is 0.385. The molecule has 0 unspecified atom stereocenters. The predicted octanol–water partition coefficient (Wildman–Crippen LogP) is 6.42. The van der Waals surface area contributed by atoms with Gasteiger partial charge < -0.3 is 14.6 Å². The number of carboxylic acid groups (broad SMARTS) is 1. The molecule has 1 N–H and O–H groups in total. The number of rotatable bonds is 4. The van der Waals surface area contributed by atoms with Crippen molar-refractivity contribution in [1.82, 2.24) is 9.47 Å². The van der Waals surface area contributed by atoms with Gasteiger partial charge in [0.15, 0.2) is 0 Å². The Morgan fingerprint density at radius 3 is 2.47 bits per heavy atom. The fraction of sp³-hybridized carbons (Fsp3) is 0.360. The Hall–Kier alpha value is -2.78. The second-order valence-corrected chi connectivity index (χ2v) is 9.89. The van der Waals surface area contributed by atoms with Crippen LogP contribution in [-0.4, -0.2) is 39.5 Å². The van der Waals surface area contributed by atoms with Crippen molar-refractivity contribution < 1.29 is 32.3 Å². The minimum atomic E-state index is -4.70. The van der Waals surface area contributed by atoms with Crippen molar-refractivity contribution in [2.45, 2.75) is 25.9 Å². The van der Waals surface area contributed by atoms with E-state index in [1.807, 2.05) is 0 Å². The van der Waals surface area contributed by atoms with Gasteiger partial charge in [-0.2, -0.15) is 13.2 Å². The molecule has 1 aliphatic rings. The molecule has 5 nitrogen and oxygen atoms in total. The Morgan fingerprint density at radius 1 is 1.17 bits per heavy atom. The van der Waals surface area contributed by atoms with Gasteiger partial charge in [-0.15, -0.1) is 0 Å². The Morgan fingerprint density at radius 2 is 1.86 bits per heavy atom. The van der Waals surface area contributed by atoms with Gasteiger partial charge >= 0.3 is 12.1 Å². The predicted molar refractivity (Wildman–Crippen MR) is 128 cm³/mol. The van der Waals surface area contributed by atoms with Gasteiger partial charge in [0.1, 0.15) is 5.82 Å². The first kappa shape index (κ1) is 26.3. The van der Waals surface area contributed by atoms with Gasteiger partial charge in [-0.05, 0) is 48.2 Å². The SMILES string of the molecule is C[C@@H]1CN(C(=O)c2ccc(Cl)c(Cc3cc4c(F)cc(C(F)(F)F)cc4n3C)c2Cl)CC[C@@H]1C(=O)O. The van der Waals surface area contributed by atoms with Crippen LogP contribution in [0.1, 0.15) is 40.5 Å². The molecule has 0 radical (unpaired) electrons. The number of hydrogen-bond donors (Lipinski definition) is 1. The molecule has 2 aromatic carbocycles. The van der Waals surface area contributed by atoms with Crippen LogP contribution < -0.4 is 0 Å². The van der Waals surface area contributed by atoms with E-state index >= 15 is 0 Å². The number of aromatic nitrogens is 1. The van der Waals surface area contributed by atoms with Crippen molar-refractivity contribution in [1.29, 1.82) is 0 Å². The van der Waals surface area contributed by atoms with E-state index in [0.717, 1.165) is 6.07 Å². The van der Waals surface area contributed by atoms with E-state index in [0.29, 0.717) is 23.7 Å². The van der Waals surface area contributed by atoms with Crippen LogP contribution in [0.4, 0.5) is 17.6 Å². The number of fused-ring (bicyclic) bond motifs is 1. The fourth-order valence-electron chi connectivity index (χ4n) is 4.75. The third kappa shape index (κ3) is 4.78. The monoisotopic (exact) mass is 544 g/mol. The normalized spacial score (nSPS) is 18.6. The summed E-state index contributed by atoms with van der Waals surface area (Å²) in [6.45, 7) is 2.29. The minimum absolute atomic E-state index is 0.0234. The zero-order chi connectivity index (χ0) is 26.5. The molecule has 0 saturated carbocycles. The summed E-state index contributed by atoms with van der Waals surface area (Å²) in [5.41, 5.74) is -0.0224. The summed E-state index contributed by atoms with van der Waals surface area (Å²) in [4.78, 5) is 26.2. The highest BCUT2D eigenvalue weighted by molar-refractivity contribution is 6.38. The van der Waals surface area contributed by atoms with Crippen LogP contribution in [-0.2, 0) is 24.4 Å². The summed E-state index contributed by atoms with van der Waals surface area (Å²) >= 11 is 13.0. The van der Waals surface area contributed by atoms with E-state index in [1.54, 1.807) is 11.8 Å². The maximum Gasteiger partial charge on any atom is 0.416 e. The molecular weight excluding hydrogens is 523 g/mol. The molecule has 3 aromatic rings. The maximum absolute atomic E-state index is 14.5. The van der Waals surface area contributed by atoms with Crippen molar-refractivity contribution in [3.8, 4) is 0 Å². The van der Waals surface area contributed by atoms with Gasteiger partial charge in [0.25, 0.3) is 5.91 Å². The Labute approximate surface area is 214 Å². The number of nitrogens with zero attached hydrogens (tertiary/aromatic N) is 2. The lowest BCUT2D eigenvalue weighted by molar-refractivity contribution is -0.145. The molecule has 1 amide bonds. The van der Waals surface area contributed by atoms with Gasteiger partial charge in [0, 0.05) is 42.7 Å². The Bertz CT molecular complexity index is 1370. The summed E-state index contributed by atoms with van der Waals surface area (Å²) in [5, 5.41) is 9.68. The Balaban J connectivity index is 1.67. The number of hydrogen-bond acceptors (Lipinski definition) is 2. The first-order chi connectivity index (χ1) is 16.8. The summed E-state index contributed by atoms with van der Waals surface area (Å²) < 4.78 is 55.4. The second kappa shape index (κ2) is 9.59. The van der Waals surface area contributed by atoms with Crippen LogP contribution in [0, 0.1) is 17.7 Å². The van der Waals surface area contributed by atoms with Crippen molar-refractivity contribution in [3.05, 3.63) is 68.6 Å². The highest BCUT2D eigenvalue weighted by Crippen LogP contribution is 2.36. The summed E-state index contributed by atoms with van der Waals surface area (Å²) in [5.74, 6) is -3.03. The smallest absolute Gasteiger partial charge is 0.416 e. The maximum atomic E-state index is 14.5. The van der Waals surface area contributed by atoms with Crippen LogP contribution in [0.5, 0.6) is 0 Å². The lowest BCUT2D eigenvalue weighted by atomic mass is 9.86. The molecule has 1 fully saturated rings. The molecule has 36 heavy (non-hydrogen) atoms.